The summed E-state index contributed by atoms with van der Waals surface area (Å²) in [6, 6.07) is 15.9. The maximum Gasteiger partial charge on any atom is 0.124 e. The molecule has 0 spiro atoms. The standard InChI is InChI=1S/C19H28N2O.C7H8FP/c1-22-16-15-21(14-8-13-20)19(17-9-4-2-5-10-17)18-11-6-3-7-12-18;1-5-2-6(8)4-7(9)3-5/h2,4-6,9-12,19H,3,7-8,13-16,20H2,1H3;2-4H,9H2,1H3. The molecule has 1 aliphatic rings. The molecule has 5 heteroatoms. The third-order valence-corrected chi connectivity index (χ3v) is 5.45. The van der Waals surface area contributed by atoms with Crippen molar-refractivity contribution in [3.8, 4) is 0 Å². The fraction of sp³-hybridized carbons (Fsp3) is 0.385. The van der Waals surface area contributed by atoms with E-state index in [2.05, 4.69) is 62.7 Å². The van der Waals surface area contributed by atoms with Gasteiger partial charge in [-0.25, -0.2) is 4.39 Å². The summed E-state index contributed by atoms with van der Waals surface area (Å²) in [6.45, 7) is 5.24. The molecule has 0 saturated carbocycles. The highest BCUT2D eigenvalue weighted by molar-refractivity contribution is 7.27. The molecule has 0 heterocycles. The van der Waals surface area contributed by atoms with E-state index < -0.39 is 0 Å². The Morgan fingerprint density at radius 2 is 1.90 bits per heavy atom. The minimum Gasteiger partial charge on any atom is -0.383 e. The highest BCUT2D eigenvalue weighted by atomic mass is 31.0. The smallest absolute Gasteiger partial charge is 0.124 e. The van der Waals surface area contributed by atoms with Crippen LogP contribution in [0.5, 0.6) is 0 Å². The van der Waals surface area contributed by atoms with Crippen LogP contribution in [-0.4, -0.2) is 38.3 Å². The summed E-state index contributed by atoms with van der Waals surface area (Å²) in [7, 11) is 4.22. The quantitative estimate of drug-likeness (QED) is 0.560. The molecule has 1 aliphatic carbocycles. The van der Waals surface area contributed by atoms with E-state index in [9.17, 15) is 4.39 Å². The van der Waals surface area contributed by atoms with E-state index in [0.717, 1.165) is 56.4 Å². The van der Waals surface area contributed by atoms with Crippen LogP contribution >= 0.6 is 9.24 Å². The van der Waals surface area contributed by atoms with E-state index in [1.807, 2.05) is 13.0 Å². The number of rotatable bonds is 9. The Labute approximate surface area is 189 Å². The molecule has 2 unspecified atom stereocenters. The zero-order valence-electron chi connectivity index (χ0n) is 18.8. The molecule has 3 nitrogen and oxygen atoms in total. The van der Waals surface area contributed by atoms with Gasteiger partial charge < -0.3 is 10.5 Å². The lowest BCUT2D eigenvalue weighted by Gasteiger charge is -2.33. The van der Waals surface area contributed by atoms with Gasteiger partial charge in [-0.3, -0.25) is 4.90 Å². The summed E-state index contributed by atoms with van der Waals surface area (Å²) in [6.07, 6.45) is 10.2. The van der Waals surface area contributed by atoms with Crippen LogP contribution in [0.2, 0.25) is 0 Å². The van der Waals surface area contributed by atoms with Gasteiger partial charge in [-0.15, -0.1) is 9.24 Å². The number of allylic oxidation sites excluding steroid dienone is 2. The second-order valence-corrected chi connectivity index (χ2v) is 8.40. The van der Waals surface area contributed by atoms with Crippen molar-refractivity contribution >= 4 is 14.5 Å². The third kappa shape index (κ3) is 9.04. The Morgan fingerprint density at radius 1 is 1.13 bits per heavy atom. The maximum absolute atomic E-state index is 12.4. The third-order valence-electron chi connectivity index (χ3n) is 5.12. The first-order valence-electron chi connectivity index (χ1n) is 10.9. The normalized spacial score (nSPS) is 14.1. The van der Waals surface area contributed by atoms with Crippen LogP contribution in [0.1, 0.15) is 36.4 Å². The zero-order chi connectivity index (χ0) is 22.5. The summed E-state index contributed by atoms with van der Waals surface area (Å²) in [5, 5.41) is 0.896. The molecule has 3 rings (SSSR count). The molecule has 0 fully saturated rings. The van der Waals surface area contributed by atoms with E-state index in [1.165, 1.54) is 23.3 Å². The molecule has 0 saturated heterocycles. The molecular formula is C26H36FN2OP. The van der Waals surface area contributed by atoms with Crippen molar-refractivity contribution in [1.82, 2.24) is 4.90 Å². The molecule has 168 valence electrons. The van der Waals surface area contributed by atoms with Gasteiger partial charge in [0.05, 0.1) is 12.6 Å². The van der Waals surface area contributed by atoms with Gasteiger partial charge in [-0.1, -0.05) is 54.6 Å². The van der Waals surface area contributed by atoms with Crippen molar-refractivity contribution in [2.75, 3.05) is 33.4 Å². The topological polar surface area (TPSA) is 38.5 Å². The number of nitrogens with zero attached hydrogens (tertiary/aromatic N) is 1. The van der Waals surface area contributed by atoms with Crippen molar-refractivity contribution in [1.29, 1.82) is 0 Å². The minimum absolute atomic E-state index is 0.167. The van der Waals surface area contributed by atoms with Crippen LogP contribution in [0.25, 0.3) is 0 Å². The molecule has 0 bridgehead atoms. The number of benzene rings is 2. The first-order valence-corrected chi connectivity index (χ1v) is 11.5. The summed E-state index contributed by atoms with van der Waals surface area (Å²) in [5.41, 5.74) is 9.43. The van der Waals surface area contributed by atoms with Crippen molar-refractivity contribution in [3.05, 3.63) is 89.3 Å². The van der Waals surface area contributed by atoms with Crippen molar-refractivity contribution < 1.29 is 9.13 Å². The zero-order valence-corrected chi connectivity index (χ0v) is 19.9. The van der Waals surface area contributed by atoms with E-state index in [4.69, 9.17) is 10.5 Å². The van der Waals surface area contributed by atoms with Gasteiger partial charge in [-0.2, -0.15) is 0 Å². The number of nitrogens with two attached hydrogens (primary N) is 1. The van der Waals surface area contributed by atoms with Crippen LogP contribution in [0.4, 0.5) is 4.39 Å². The summed E-state index contributed by atoms with van der Waals surface area (Å²) >= 11 is 0. The van der Waals surface area contributed by atoms with Crippen molar-refractivity contribution in [2.45, 2.75) is 32.2 Å². The number of ether oxygens (including phenoxy) is 1. The lowest BCUT2D eigenvalue weighted by molar-refractivity contribution is 0.129. The van der Waals surface area contributed by atoms with Crippen LogP contribution < -0.4 is 11.0 Å². The predicted octanol–water partition coefficient (Wildman–Crippen LogP) is 4.94. The average molecular weight is 443 g/mol. The molecule has 2 N–H and O–H groups in total. The predicted molar refractivity (Wildman–Crippen MR) is 133 cm³/mol. The number of aryl methyl sites for hydroxylation is 1. The molecule has 2 aromatic rings. The van der Waals surface area contributed by atoms with Gasteiger partial charge in [0.15, 0.2) is 0 Å². The fourth-order valence-electron chi connectivity index (χ4n) is 3.72. The van der Waals surface area contributed by atoms with Gasteiger partial charge in [-0.05, 0) is 66.9 Å². The highest BCUT2D eigenvalue weighted by Gasteiger charge is 2.23. The lowest BCUT2D eigenvalue weighted by atomic mass is 9.92. The maximum atomic E-state index is 12.4. The fourth-order valence-corrected chi connectivity index (χ4v) is 4.15. The Balaban J connectivity index is 0.000000316. The summed E-state index contributed by atoms with van der Waals surface area (Å²) in [5.74, 6) is -0.167. The molecule has 2 atom stereocenters. The summed E-state index contributed by atoms with van der Waals surface area (Å²) in [4.78, 5) is 2.49. The molecule has 31 heavy (non-hydrogen) atoms. The van der Waals surface area contributed by atoms with Gasteiger partial charge in [0.25, 0.3) is 0 Å². The van der Waals surface area contributed by atoms with Crippen molar-refractivity contribution in [2.24, 2.45) is 5.73 Å². The molecule has 0 amide bonds. The van der Waals surface area contributed by atoms with Gasteiger partial charge in [0.2, 0.25) is 0 Å². The van der Waals surface area contributed by atoms with Crippen molar-refractivity contribution in [3.63, 3.8) is 0 Å². The van der Waals surface area contributed by atoms with Gasteiger partial charge in [0, 0.05) is 20.2 Å². The van der Waals surface area contributed by atoms with E-state index in [-0.39, 0.29) is 5.82 Å². The molecular weight excluding hydrogens is 406 g/mol. The molecule has 0 radical (unpaired) electrons. The Hall–Kier alpha value is -1.84. The Bertz CT molecular complexity index is 780. The highest BCUT2D eigenvalue weighted by Crippen LogP contribution is 2.31. The Morgan fingerprint density at radius 3 is 2.48 bits per heavy atom. The van der Waals surface area contributed by atoms with Crippen LogP contribution in [0, 0.1) is 12.7 Å². The number of methoxy groups -OCH3 is 1. The number of halogens is 1. The second kappa shape index (κ2) is 14.3. The number of hydrogen-bond donors (Lipinski definition) is 1. The molecule has 0 aliphatic heterocycles. The molecule has 2 aromatic carbocycles. The van der Waals surface area contributed by atoms with E-state index in [0.29, 0.717) is 6.04 Å². The largest absolute Gasteiger partial charge is 0.383 e. The minimum atomic E-state index is -0.167. The van der Waals surface area contributed by atoms with Crippen LogP contribution in [-0.2, 0) is 4.74 Å². The number of hydrogen-bond acceptors (Lipinski definition) is 3. The van der Waals surface area contributed by atoms with E-state index >= 15 is 0 Å². The van der Waals surface area contributed by atoms with E-state index in [1.54, 1.807) is 7.11 Å². The van der Waals surface area contributed by atoms with Gasteiger partial charge in [0.1, 0.15) is 5.82 Å². The first-order chi connectivity index (χ1) is 15.0. The van der Waals surface area contributed by atoms with Gasteiger partial charge >= 0.3 is 0 Å². The average Bonchev–Trinajstić information content (AvgIpc) is 2.76. The van der Waals surface area contributed by atoms with Crippen LogP contribution in [0.3, 0.4) is 0 Å². The monoisotopic (exact) mass is 442 g/mol. The SMILES string of the molecule is COCCN(CCCN)C(C1=CCCC=C1)c1ccccc1.Cc1cc(F)cc(P)c1. The first kappa shape index (κ1) is 25.4. The second-order valence-electron chi connectivity index (χ2n) is 7.73. The van der Waals surface area contributed by atoms with Crippen LogP contribution in [0.15, 0.2) is 72.3 Å². The molecule has 0 aromatic heterocycles. The summed E-state index contributed by atoms with van der Waals surface area (Å²) < 4.78 is 17.7. The lowest BCUT2D eigenvalue weighted by Crippen LogP contribution is -2.34. The Kier molecular flexibility index (Phi) is 11.7.